The van der Waals surface area contributed by atoms with E-state index in [0.29, 0.717) is 33.6 Å². The van der Waals surface area contributed by atoms with Gasteiger partial charge in [-0.05, 0) is 48.7 Å². The fourth-order valence-corrected chi connectivity index (χ4v) is 4.26. The van der Waals surface area contributed by atoms with Crippen LogP contribution >= 0.6 is 35.6 Å². The first kappa shape index (κ1) is 20.6. The van der Waals surface area contributed by atoms with Crippen LogP contribution in [0.4, 0.5) is 5.69 Å². The minimum atomic E-state index is -0.144. The van der Waals surface area contributed by atoms with E-state index in [1.807, 2.05) is 49.4 Å². The van der Waals surface area contributed by atoms with Crippen molar-refractivity contribution in [3.63, 3.8) is 0 Å². The van der Waals surface area contributed by atoms with Crippen LogP contribution in [0.5, 0.6) is 0 Å². The fraction of sp³-hybridized carbons (Fsp3) is 0.190. The predicted molar refractivity (Wildman–Crippen MR) is 120 cm³/mol. The topological polar surface area (TPSA) is 49.4 Å². The van der Waals surface area contributed by atoms with Crippen LogP contribution in [-0.4, -0.2) is 27.6 Å². The summed E-state index contributed by atoms with van der Waals surface area (Å²) in [6.07, 6.45) is 2.60. The quantitative estimate of drug-likeness (QED) is 0.501. The zero-order valence-electron chi connectivity index (χ0n) is 15.3. The molecular formula is C21H19ClN2O2S2. The first-order chi connectivity index (χ1) is 13.4. The summed E-state index contributed by atoms with van der Waals surface area (Å²) >= 11 is 12.8. The number of hydrogen-bond acceptors (Lipinski definition) is 4. The van der Waals surface area contributed by atoms with Gasteiger partial charge in [-0.3, -0.25) is 14.5 Å². The average Bonchev–Trinajstić information content (AvgIpc) is 2.91. The molecule has 2 aromatic rings. The molecule has 2 aromatic carbocycles. The number of hydrogen-bond donors (Lipinski definition) is 1. The molecule has 0 radical (unpaired) electrons. The lowest BCUT2D eigenvalue weighted by molar-refractivity contribution is -0.122. The third-order valence-electron chi connectivity index (χ3n) is 4.15. The number of rotatable bonds is 6. The molecule has 7 heteroatoms. The van der Waals surface area contributed by atoms with Crippen molar-refractivity contribution in [3.8, 4) is 0 Å². The Kier molecular flexibility index (Phi) is 6.88. The highest BCUT2D eigenvalue weighted by Gasteiger charge is 2.31. The van der Waals surface area contributed by atoms with Crippen molar-refractivity contribution in [1.29, 1.82) is 0 Å². The summed E-state index contributed by atoms with van der Waals surface area (Å²) in [5, 5.41) is 3.46. The minimum absolute atomic E-state index is 0.0809. The van der Waals surface area contributed by atoms with Crippen molar-refractivity contribution in [2.75, 3.05) is 11.9 Å². The molecule has 1 fully saturated rings. The molecule has 1 saturated heterocycles. The van der Waals surface area contributed by atoms with Crippen molar-refractivity contribution < 1.29 is 9.59 Å². The Morgan fingerprint density at radius 3 is 2.79 bits per heavy atom. The molecule has 0 unspecified atom stereocenters. The monoisotopic (exact) mass is 430 g/mol. The number of amides is 2. The van der Waals surface area contributed by atoms with Crippen molar-refractivity contribution in [2.24, 2.45) is 0 Å². The van der Waals surface area contributed by atoms with Gasteiger partial charge in [-0.2, -0.15) is 0 Å². The van der Waals surface area contributed by atoms with Crippen LogP contribution in [0, 0.1) is 6.92 Å². The Morgan fingerprint density at radius 2 is 2.04 bits per heavy atom. The number of halogens is 1. The van der Waals surface area contributed by atoms with Gasteiger partial charge in [0.15, 0.2) is 0 Å². The lowest BCUT2D eigenvalue weighted by atomic mass is 10.2. The Hall–Kier alpha value is -2.15. The largest absolute Gasteiger partial charge is 0.326 e. The number of thiocarbonyl (C=S) groups is 1. The van der Waals surface area contributed by atoms with Gasteiger partial charge in [0, 0.05) is 23.7 Å². The lowest BCUT2D eigenvalue weighted by Gasteiger charge is -2.14. The lowest BCUT2D eigenvalue weighted by Crippen LogP contribution is -2.29. The van der Waals surface area contributed by atoms with Crippen LogP contribution in [0.25, 0.3) is 6.08 Å². The number of benzene rings is 2. The molecule has 1 N–H and O–H groups in total. The Bertz CT molecular complexity index is 959. The van der Waals surface area contributed by atoms with E-state index in [2.05, 4.69) is 5.32 Å². The molecule has 1 heterocycles. The second kappa shape index (κ2) is 9.37. The molecule has 1 aliphatic heterocycles. The number of anilines is 1. The van der Waals surface area contributed by atoms with E-state index in [9.17, 15) is 9.59 Å². The van der Waals surface area contributed by atoms with Crippen LogP contribution < -0.4 is 5.32 Å². The number of carbonyl (C=O) groups excluding carboxylic acids is 2. The van der Waals surface area contributed by atoms with E-state index >= 15 is 0 Å². The van der Waals surface area contributed by atoms with Crippen molar-refractivity contribution in [2.45, 2.75) is 19.8 Å². The maximum absolute atomic E-state index is 12.6. The molecule has 0 bridgehead atoms. The van der Waals surface area contributed by atoms with Gasteiger partial charge in [-0.1, -0.05) is 65.9 Å². The Labute approximate surface area is 178 Å². The highest BCUT2D eigenvalue weighted by atomic mass is 35.5. The molecule has 0 spiro atoms. The van der Waals surface area contributed by atoms with Gasteiger partial charge in [0.25, 0.3) is 5.91 Å². The third-order valence-corrected chi connectivity index (χ3v) is 5.87. The van der Waals surface area contributed by atoms with Crippen LogP contribution in [-0.2, 0) is 9.59 Å². The first-order valence-corrected chi connectivity index (χ1v) is 10.4. The summed E-state index contributed by atoms with van der Waals surface area (Å²) in [5.41, 5.74) is 2.64. The van der Waals surface area contributed by atoms with E-state index in [4.69, 9.17) is 23.8 Å². The molecule has 2 amide bonds. The first-order valence-electron chi connectivity index (χ1n) is 8.80. The molecule has 3 rings (SSSR count). The van der Waals surface area contributed by atoms with Crippen molar-refractivity contribution in [1.82, 2.24) is 4.90 Å². The molecule has 4 nitrogen and oxygen atoms in total. The highest BCUT2D eigenvalue weighted by Crippen LogP contribution is 2.33. The van der Waals surface area contributed by atoms with Gasteiger partial charge in [0.05, 0.1) is 4.91 Å². The van der Waals surface area contributed by atoms with Gasteiger partial charge >= 0.3 is 0 Å². The molecular weight excluding hydrogens is 412 g/mol. The maximum atomic E-state index is 12.6. The second-order valence-corrected chi connectivity index (χ2v) is 8.46. The molecule has 1 aliphatic rings. The zero-order chi connectivity index (χ0) is 20.1. The van der Waals surface area contributed by atoms with Crippen molar-refractivity contribution in [3.05, 3.63) is 69.6 Å². The average molecular weight is 431 g/mol. The summed E-state index contributed by atoms with van der Waals surface area (Å²) in [6, 6.07) is 15.0. The van der Waals surface area contributed by atoms with Gasteiger partial charge in [0.2, 0.25) is 5.91 Å². The Morgan fingerprint density at radius 1 is 1.25 bits per heavy atom. The molecule has 28 heavy (non-hydrogen) atoms. The summed E-state index contributed by atoms with van der Waals surface area (Å²) in [4.78, 5) is 26.9. The van der Waals surface area contributed by atoms with Crippen LogP contribution in [0.3, 0.4) is 0 Å². The van der Waals surface area contributed by atoms with E-state index in [1.54, 1.807) is 17.0 Å². The number of aryl methyl sites for hydroxylation is 1. The Balaban J connectivity index is 1.55. The van der Waals surface area contributed by atoms with Gasteiger partial charge in [-0.15, -0.1) is 0 Å². The third kappa shape index (κ3) is 5.22. The number of carbonyl (C=O) groups is 2. The predicted octanol–water partition coefficient (Wildman–Crippen LogP) is 5.27. The number of nitrogens with one attached hydrogen (secondary N) is 1. The molecule has 0 atom stereocenters. The zero-order valence-corrected chi connectivity index (χ0v) is 17.7. The molecule has 0 saturated carbocycles. The van der Waals surface area contributed by atoms with Crippen LogP contribution in [0.1, 0.15) is 24.0 Å². The van der Waals surface area contributed by atoms with Gasteiger partial charge < -0.3 is 5.32 Å². The van der Waals surface area contributed by atoms with Gasteiger partial charge in [-0.25, -0.2) is 0 Å². The van der Waals surface area contributed by atoms with Gasteiger partial charge in [0.1, 0.15) is 4.32 Å². The second-order valence-electron chi connectivity index (χ2n) is 6.38. The van der Waals surface area contributed by atoms with Crippen LogP contribution in [0.15, 0.2) is 53.4 Å². The number of nitrogens with zero attached hydrogens (tertiary/aromatic N) is 1. The smallest absolute Gasteiger partial charge is 0.266 e. The van der Waals surface area contributed by atoms with Crippen molar-refractivity contribution >= 4 is 63.5 Å². The molecule has 144 valence electrons. The SMILES string of the molecule is Cc1cccc(NC(=O)CCCN2C(=O)/C(=C\c3ccccc3Cl)SC2=S)c1. The maximum Gasteiger partial charge on any atom is 0.266 e. The van der Waals surface area contributed by atoms with E-state index in [-0.39, 0.29) is 11.8 Å². The normalized spacial score (nSPS) is 15.4. The highest BCUT2D eigenvalue weighted by molar-refractivity contribution is 8.26. The fourth-order valence-electron chi connectivity index (χ4n) is 2.77. The molecule has 0 aromatic heterocycles. The van der Waals surface area contributed by atoms with E-state index in [0.717, 1.165) is 16.8 Å². The molecule has 0 aliphatic carbocycles. The standard InChI is InChI=1S/C21H19ClN2O2S2/c1-14-6-4-8-16(12-14)23-19(25)10-5-11-24-20(26)18(28-21(24)27)13-15-7-2-3-9-17(15)22/h2-4,6-9,12-13H,5,10-11H2,1H3,(H,23,25)/b18-13+. The number of thioether (sulfide) groups is 1. The van der Waals surface area contributed by atoms with Crippen LogP contribution in [0.2, 0.25) is 5.02 Å². The van der Waals surface area contributed by atoms with E-state index in [1.165, 1.54) is 11.8 Å². The minimum Gasteiger partial charge on any atom is -0.326 e. The summed E-state index contributed by atoms with van der Waals surface area (Å²) in [7, 11) is 0. The summed E-state index contributed by atoms with van der Waals surface area (Å²) < 4.78 is 0.502. The summed E-state index contributed by atoms with van der Waals surface area (Å²) in [6.45, 7) is 2.38. The van der Waals surface area contributed by atoms with E-state index < -0.39 is 0 Å². The summed E-state index contributed by atoms with van der Waals surface area (Å²) in [5.74, 6) is -0.225.